The van der Waals surface area contributed by atoms with Gasteiger partial charge in [-0.2, -0.15) is 13.2 Å². The Balaban J connectivity index is 4.46. The normalized spacial score (nSPS) is 14.5. The van der Waals surface area contributed by atoms with E-state index in [2.05, 4.69) is 4.72 Å². The van der Waals surface area contributed by atoms with Gasteiger partial charge in [0.2, 0.25) is 10.0 Å². The molecule has 0 amide bonds. The highest BCUT2D eigenvalue weighted by molar-refractivity contribution is 7.90. The van der Waals surface area contributed by atoms with Crippen LogP contribution in [0.25, 0.3) is 0 Å². The molecule has 0 aromatic heterocycles. The van der Waals surface area contributed by atoms with Crippen LogP contribution in [0.2, 0.25) is 0 Å². The summed E-state index contributed by atoms with van der Waals surface area (Å²) in [6, 6.07) is 0. The Labute approximate surface area is 132 Å². The molecule has 0 radical (unpaired) electrons. The molecule has 22 heavy (non-hydrogen) atoms. The maximum absolute atomic E-state index is 13.0. The van der Waals surface area contributed by atoms with E-state index < -0.39 is 21.4 Å². The van der Waals surface area contributed by atoms with Gasteiger partial charge in [-0.25, -0.2) is 13.1 Å². The van der Waals surface area contributed by atoms with Crippen molar-refractivity contribution in [2.24, 2.45) is 0 Å². The van der Waals surface area contributed by atoms with Gasteiger partial charge in [-0.1, -0.05) is 39.0 Å². The first kappa shape index (κ1) is 21.7. The number of unbranched alkanes of at least 4 members (excludes halogenated alkanes) is 4. The summed E-state index contributed by atoms with van der Waals surface area (Å²) in [5.41, 5.74) is 0. The molecule has 1 unspecified atom stereocenters. The van der Waals surface area contributed by atoms with E-state index in [-0.39, 0.29) is 19.4 Å². The summed E-state index contributed by atoms with van der Waals surface area (Å²) < 4.78 is 64.9. The van der Waals surface area contributed by atoms with Gasteiger partial charge in [0.05, 0.1) is 0 Å². The van der Waals surface area contributed by atoms with Gasteiger partial charge in [0.1, 0.15) is 0 Å². The highest BCUT2D eigenvalue weighted by Crippen LogP contribution is 2.29. The van der Waals surface area contributed by atoms with Crippen LogP contribution < -0.4 is 4.72 Å². The van der Waals surface area contributed by atoms with Gasteiger partial charge in [-0.15, -0.1) is 0 Å². The Hall–Kier alpha value is -0.340. The van der Waals surface area contributed by atoms with E-state index in [1.807, 2.05) is 25.9 Å². The maximum atomic E-state index is 13.0. The van der Waals surface area contributed by atoms with Crippen molar-refractivity contribution in [3.63, 3.8) is 0 Å². The molecule has 0 spiro atoms. The molecule has 0 bridgehead atoms. The highest BCUT2D eigenvalue weighted by Gasteiger charge is 2.47. The molecule has 0 aliphatic heterocycles. The average Bonchev–Trinajstić information content (AvgIpc) is 2.37. The van der Waals surface area contributed by atoms with Gasteiger partial charge in [0.15, 0.2) is 5.25 Å². The fourth-order valence-electron chi connectivity index (χ4n) is 2.14. The third-order valence-corrected chi connectivity index (χ3v) is 5.25. The van der Waals surface area contributed by atoms with E-state index in [0.717, 1.165) is 19.3 Å². The first-order valence-corrected chi connectivity index (χ1v) is 9.35. The second-order valence-electron chi connectivity index (χ2n) is 5.83. The Morgan fingerprint density at radius 1 is 1.05 bits per heavy atom. The maximum Gasteiger partial charge on any atom is 0.406 e. The molecule has 8 heteroatoms. The number of nitrogens with one attached hydrogen (secondary N) is 1. The summed E-state index contributed by atoms with van der Waals surface area (Å²) in [5, 5.41) is -2.30. The predicted molar refractivity (Wildman–Crippen MR) is 83.3 cm³/mol. The van der Waals surface area contributed by atoms with Crippen molar-refractivity contribution in [2.45, 2.75) is 63.3 Å². The summed E-state index contributed by atoms with van der Waals surface area (Å²) in [6.07, 6.45) is -0.890. The van der Waals surface area contributed by atoms with Crippen molar-refractivity contribution in [1.82, 2.24) is 9.62 Å². The zero-order chi connectivity index (χ0) is 17.2. The van der Waals surface area contributed by atoms with E-state index in [1.54, 1.807) is 0 Å². The number of hydrogen-bond acceptors (Lipinski definition) is 3. The first-order valence-electron chi connectivity index (χ1n) is 7.81. The topological polar surface area (TPSA) is 49.4 Å². The largest absolute Gasteiger partial charge is 0.406 e. The molecule has 0 rings (SSSR count). The summed E-state index contributed by atoms with van der Waals surface area (Å²) in [4.78, 5) is 1.85. The number of sulfonamides is 1. The molecule has 0 aromatic carbocycles. The lowest BCUT2D eigenvalue weighted by molar-refractivity contribution is -0.131. The molecular formula is C14H29F3N2O2S. The van der Waals surface area contributed by atoms with Crippen LogP contribution in [0.15, 0.2) is 0 Å². The summed E-state index contributed by atoms with van der Waals surface area (Å²) >= 11 is 0. The Morgan fingerprint density at radius 3 is 2.14 bits per heavy atom. The minimum absolute atomic E-state index is 0.0307. The predicted octanol–water partition coefficient (Wildman–Crippen LogP) is 3.15. The molecule has 0 aliphatic carbocycles. The summed E-state index contributed by atoms with van der Waals surface area (Å²) in [6.45, 7) is 2.67. The monoisotopic (exact) mass is 346 g/mol. The van der Waals surface area contributed by atoms with Crippen LogP contribution >= 0.6 is 0 Å². The molecule has 0 saturated heterocycles. The molecular weight excluding hydrogens is 317 g/mol. The van der Waals surface area contributed by atoms with Crippen LogP contribution in [-0.2, 0) is 10.0 Å². The SMILES string of the molecule is CCCCCCCC(C(F)(F)F)S(=O)(=O)NCCCN(C)C. The molecule has 0 fully saturated rings. The summed E-state index contributed by atoms with van der Waals surface area (Å²) in [5.74, 6) is 0. The number of halogens is 3. The van der Waals surface area contributed by atoms with Crippen LogP contribution in [-0.4, -0.2) is 51.9 Å². The Bertz CT molecular complexity index is 384. The minimum Gasteiger partial charge on any atom is -0.309 e. The standard InChI is InChI=1S/C14H29F3N2O2S/c1-4-5-6-7-8-10-13(14(15,16)17)22(20,21)18-11-9-12-19(2)3/h13,18H,4-12H2,1-3H3. The molecule has 134 valence electrons. The molecule has 0 saturated carbocycles. The smallest absolute Gasteiger partial charge is 0.309 e. The molecule has 0 aromatic rings. The van der Waals surface area contributed by atoms with Crippen LogP contribution in [0.3, 0.4) is 0 Å². The van der Waals surface area contributed by atoms with Gasteiger partial charge < -0.3 is 4.90 Å². The fourth-order valence-corrected chi connectivity index (χ4v) is 3.60. The van der Waals surface area contributed by atoms with Gasteiger partial charge in [-0.3, -0.25) is 0 Å². The number of alkyl halides is 3. The number of rotatable bonds is 12. The van der Waals surface area contributed by atoms with Crippen LogP contribution in [0, 0.1) is 0 Å². The third kappa shape index (κ3) is 9.63. The molecule has 1 atom stereocenters. The Kier molecular flexibility index (Phi) is 10.3. The van der Waals surface area contributed by atoms with E-state index in [4.69, 9.17) is 0 Å². The van der Waals surface area contributed by atoms with Crippen molar-refractivity contribution in [1.29, 1.82) is 0 Å². The molecule has 0 heterocycles. The zero-order valence-electron chi connectivity index (χ0n) is 13.7. The lowest BCUT2D eigenvalue weighted by Crippen LogP contribution is -2.44. The zero-order valence-corrected chi connectivity index (χ0v) is 14.6. The summed E-state index contributed by atoms with van der Waals surface area (Å²) in [7, 11) is -0.719. The molecule has 0 aliphatic rings. The fraction of sp³-hybridized carbons (Fsp3) is 1.00. The van der Waals surface area contributed by atoms with Gasteiger partial charge >= 0.3 is 6.18 Å². The van der Waals surface area contributed by atoms with Crippen molar-refractivity contribution >= 4 is 10.0 Å². The van der Waals surface area contributed by atoms with Crippen LogP contribution in [0.1, 0.15) is 51.9 Å². The van der Waals surface area contributed by atoms with E-state index in [9.17, 15) is 21.6 Å². The van der Waals surface area contributed by atoms with E-state index >= 15 is 0 Å². The first-order chi connectivity index (χ1) is 10.1. The molecule has 1 N–H and O–H groups in total. The van der Waals surface area contributed by atoms with Crippen LogP contribution in [0.5, 0.6) is 0 Å². The lowest BCUT2D eigenvalue weighted by Gasteiger charge is -2.21. The van der Waals surface area contributed by atoms with Crippen molar-refractivity contribution < 1.29 is 21.6 Å². The van der Waals surface area contributed by atoms with E-state index in [1.165, 1.54) is 0 Å². The van der Waals surface area contributed by atoms with Crippen molar-refractivity contribution in [2.75, 3.05) is 27.2 Å². The van der Waals surface area contributed by atoms with Crippen molar-refractivity contribution in [3.8, 4) is 0 Å². The number of nitrogens with zero attached hydrogens (tertiary/aromatic N) is 1. The van der Waals surface area contributed by atoms with Crippen molar-refractivity contribution in [3.05, 3.63) is 0 Å². The quantitative estimate of drug-likeness (QED) is 0.552. The number of hydrogen-bond donors (Lipinski definition) is 1. The van der Waals surface area contributed by atoms with Gasteiger partial charge in [0, 0.05) is 6.54 Å². The highest BCUT2D eigenvalue weighted by atomic mass is 32.2. The second kappa shape index (κ2) is 10.4. The minimum atomic E-state index is -4.72. The van der Waals surface area contributed by atoms with Crippen LogP contribution in [0.4, 0.5) is 13.2 Å². The van der Waals surface area contributed by atoms with Gasteiger partial charge in [0.25, 0.3) is 0 Å². The third-order valence-electron chi connectivity index (χ3n) is 3.39. The molecule has 4 nitrogen and oxygen atoms in total. The van der Waals surface area contributed by atoms with Gasteiger partial charge in [-0.05, 0) is 33.5 Å². The average molecular weight is 346 g/mol. The Morgan fingerprint density at radius 2 is 1.64 bits per heavy atom. The second-order valence-corrected chi connectivity index (χ2v) is 7.78. The van der Waals surface area contributed by atoms with E-state index in [0.29, 0.717) is 19.4 Å². The lowest BCUT2D eigenvalue weighted by atomic mass is 10.1.